The van der Waals surface area contributed by atoms with Gasteiger partial charge in [-0.1, -0.05) is 19.3 Å². The van der Waals surface area contributed by atoms with E-state index in [2.05, 4.69) is 15.2 Å². The van der Waals surface area contributed by atoms with Gasteiger partial charge in [-0.05, 0) is 12.8 Å². The number of rotatable bonds is 5. The van der Waals surface area contributed by atoms with Crippen LogP contribution in [-0.2, 0) is 23.0 Å². The lowest BCUT2D eigenvalue weighted by Crippen LogP contribution is -2.62. The van der Waals surface area contributed by atoms with E-state index in [9.17, 15) is 4.79 Å². The molecule has 2 heterocycles. The number of imidazole rings is 1. The molecular weight excluding hydrogens is 292 g/mol. The van der Waals surface area contributed by atoms with Crippen molar-refractivity contribution in [1.82, 2.24) is 19.8 Å². The highest BCUT2D eigenvalue weighted by atomic mass is 16.5. The lowest BCUT2D eigenvalue weighted by atomic mass is 9.79. The van der Waals surface area contributed by atoms with E-state index < -0.39 is 0 Å². The van der Waals surface area contributed by atoms with Crippen LogP contribution >= 0.6 is 0 Å². The molecule has 1 aromatic heterocycles. The topological polar surface area (TPSA) is 59.4 Å². The fourth-order valence-electron chi connectivity index (χ4n) is 3.90. The SMILES string of the molecule is Cn1ccnc1CCNC(=O)C1(N2CCOCC2)CCCCC1. The van der Waals surface area contributed by atoms with Crippen molar-refractivity contribution < 1.29 is 9.53 Å². The van der Waals surface area contributed by atoms with E-state index in [-0.39, 0.29) is 11.4 Å². The van der Waals surface area contributed by atoms with Crippen LogP contribution < -0.4 is 5.32 Å². The van der Waals surface area contributed by atoms with Gasteiger partial charge in [-0.3, -0.25) is 9.69 Å². The van der Waals surface area contributed by atoms with E-state index >= 15 is 0 Å². The third-order valence-corrected chi connectivity index (χ3v) is 5.27. The van der Waals surface area contributed by atoms with Crippen molar-refractivity contribution in [3.05, 3.63) is 18.2 Å². The number of aromatic nitrogens is 2. The third kappa shape index (κ3) is 3.58. The number of morpholine rings is 1. The molecule has 6 nitrogen and oxygen atoms in total. The minimum absolute atomic E-state index is 0.202. The molecule has 0 bridgehead atoms. The number of ether oxygens (including phenoxy) is 1. The molecule has 3 rings (SSSR count). The molecule has 0 spiro atoms. The molecule has 2 fully saturated rings. The summed E-state index contributed by atoms with van der Waals surface area (Å²) < 4.78 is 7.48. The summed E-state index contributed by atoms with van der Waals surface area (Å²) in [6, 6.07) is 0. The van der Waals surface area contributed by atoms with Crippen LogP contribution in [-0.4, -0.2) is 58.7 Å². The number of nitrogens with zero attached hydrogens (tertiary/aromatic N) is 3. The van der Waals surface area contributed by atoms with Gasteiger partial charge in [0.05, 0.1) is 13.2 Å². The molecule has 2 aliphatic rings. The summed E-state index contributed by atoms with van der Waals surface area (Å²) in [7, 11) is 1.99. The Morgan fingerprint density at radius 1 is 1.30 bits per heavy atom. The molecule has 0 unspecified atom stereocenters. The van der Waals surface area contributed by atoms with E-state index in [0.29, 0.717) is 6.54 Å². The Morgan fingerprint density at radius 2 is 2.04 bits per heavy atom. The van der Waals surface area contributed by atoms with Gasteiger partial charge in [0.1, 0.15) is 11.4 Å². The predicted molar refractivity (Wildman–Crippen MR) is 88.1 cm³/mol. The highest BCUT2D eigenvalue weighted by Crippen LogP contribution is 2.34. The minimum Gasteiger partial charge on any atom is -0.379 e. The Balaban J connectivity index is 1.61. The summed E-state index contributed by atoms with van der Waals surface area (Å²) in [5, 5.41) is 3.18. The van der Waals surface area contributed by atoms with Gasteiger partial charge in [-0.2, -0.15) is 0 Å². The van der Waals surface area contributed by atoms with Crippen molar-refractivity contribution in [2.24, 2.45) is 7.05 Å². The normalized spacial score (nSPS) is 22.0. The number of hydrogen-bond donors (Lipinski definition) is 1. The molecule has 23 heavy (non-hydrogen) atoms. The van der Waals surface area contributed by atoms with E-state index in [1.807, 2.05) is 17.8 Å². The van der Waals surface area contributed by atoms with Crippen molar-refractivity contribution in [2.45, 2.75) is 44.1 Å². The van der Waals surface area contributed by atoms with Crippen molar-refractivity contribution in [3.8, 4) is 0 Å². The first-order valence-electron chi connectivity index (χ1n) is 8.80. The number of aryl methyl sites for hydroxylation is 1. The minimum atomic E-state index is -0.316. The summed E-state index contributed by atoms with van der Waals surface area (Å²) in [6.45, 7) is 3.86. The molecule has 1 aromatic rings. The third-order valence-electron chi connectivity index (χ3n) is 5.27. The molecule has 6 heteroatoms. The van der Waals surface area contributed by atoms with Gasteiger partial charge in [-0.25, -0.2) is 4.98 Å². The number of amides is 1. The number of hydrogen-bond acceptors (Lipinski definition) is 4. The Bertz CT molecular complexity index is 516. The zero-order valence-electron chi connectivity index (χ0n) is 14.1. The second-order valence-electron chi connectivity index (χ2n) is 6.65. The number of carbonyl (C=O) groups excluding carboxylic acids is 1. The second kappa shape index (κ2) is 7.45. The highest BCUT2D eigenvalue weighted by molar-refractivity contribution is 5.86. The first-order chi connectivity index (χ1) is 11.2. The summed E-state index contributed by atoms with van der Waals surface area (Å²) in [5.41, 5.74) is -0.316. The van der Waals surface area contributed by atoms with Gasteiger partial charge < -0.3 is 14.6 Å². The second-order valence-corrected chi connectivity index (χ2v) is 6.65. The zero-order chi connectivity index (χ0) is 16.1. The Hall–Kier alpha value is -1.40. The van der Waals surface area contributed by atoms with Crippen LogP contribution in [0.15, 0.2) is 12.4 Å². The summed E-state index contributed by atoms with van der Waals surface area (Å²) in [5.74, 6) is 1.21. The zero-order valence-corrected chi connectivity index (χ0v) is 14.1. The Kier molecular flexibility index (Phi) is 5.33. The monoisotopic (exact) mass is 320 g/mol. The summed E-state index contributed by atoms with van der Waals surface area (Å²) in [6.07, 6.45) is 9.98. The van der Waals surface area contributed by atoms with Crippen LogP contribution in [0.1, 0.15) is 37.9 Å². The van der Waals surface area contributed by atoms with Gasteiger partial charge in [0.25, 0.3) is 0 Å². The molecule has 0 radical (unpaired) electrons. The van der Waals surface area contributed by atoms with E-state index in [1.54, 1.807) is 6.20 Å². The van der Waals surface area contributed by atoms with Gasteiger partial charge >= 0.3 is 0 Å². The van der Waals surface area contributed by atoms with Crippen LogP contribution in [0.25, 0.3) is 0 Å². The summed E-state index contributed by atoms with van der Waals surface area (Å²) in [4.78, 5) is 19.7. The average molecular weight is 320 g/mol. The molecule has 1 amide bonds. The van der Waals surface area contributed by atoms with Crippen molar-refractivity contribution in [3.63, 3.8) is 0 Å². The maximum atomic E-state index is 13.0. The van der Waals surface area contributed by atoms with Gasteiger partial charge in [0, 0.05) is 45.5 Å². The van der Waals surface area contributed by atoms with Crippen LogP contribution in [0, 0.1) is 0 Å². The molecule has 1 aliphatic heterocycles. The van der Waals surface area contributed by atoms with Crippen molar-refractivity contribution >= 4 is 5.91 Å². The molecular formula is C17H28N4O2. The Morgan fingerprint density at radius 3 is 2.70 bits per heavy atom. The van der Waals surface area contributed by atoms with E-state index in [1.165, 1.54) is 6.42 Å². The standard InChI is InChI=1S/C17H28N4O2/c1-20-10-9-18-15(20)5-8-19-16(22)17(6-3-2-4-7-17)21-11-13-23-14-12-21/h9-10H,2-8,11-14H2,1H3,(H,19,22). The first-order valence-corrected chi connectivity index (χ1v) is 8.80. The first kappa shape index (κ1) is 16.5. The molecule has 1 saturated heterocycles. The van der Waals surface area contributed by atoms with E-state index in [0.717, 1.165) is 64.2 Å². The molecule has 0 atom stereocenters. The van der Waals surface area contributed by atoms with Gasteiger partial charge in [-0.15, -0.1) is 0 Å². The fraction of sp³-hybridized carbons (Fsp3) is 0.765. The van der Waals surface area contributed by atoms with Crippen LogP contribution in [0.2, 0.25) is 0 Å². The van der Waals surface area contributed by atoms with Crippen LogP contribution in [0.4, 0.5) is 0 Å². The smallest absolute Gasteiger partial charge is 0.240 e. The summed E-state index contributed by atoms with van der Waals surface area (Å²) >= 11 is 0. The highest BCUT2D eigenvalue weighted by Gasteiger charge is 2.44. The predicted octanol–water partition coefficient (Wildman–Crippen LogP) is 1.11. The number of carbonyl (C=O) groups is 1. The van der Waals surface area contributed by atoms with Gasteiger partial charge in [0.2, 0.25) is 5.91 Å². The fourth-order valence-corrected chi connectivity index (χ4v) is 3.90. The maximum Gasteiger partial charge on any atom is 0.240 e. The van der Waals surface area contributed by atoms with Crippen LogP contribution in [0.5, 0.6) is 0 Å². The largest absolute Gasteiger partial charge is 0.379 e. The van der Waals surface area contributed by atoms with Crippen LogP contribution in [0.3, 0.4) is 0 Å². The Labute approximate surface area is 138 Å². The van der Waals surface area contributed by atoms with Crippen molar-refractivity contribution in [2.75, 3.05) is 32.8 Å². The molecule has 1 saturated carbocycles. The lowest BCUT2D eigenvalue weighted by molar-refractivity contribution is -0.140. The molecule has 128 valence electrons. The molecule has 1 N–H and O–H groups in total. The lowest BCUT2D eigenvalue weighted by Gasteiger charge is -2.46. The molecule has 0 aromatic carbocycles. The maximum absolute atomic E-state index is 13.0. The quantitative estimate of drug-likeness (QED) is 0.883. The van der Waals surface area contributed by atoms with Crippen molar-refractivity contribution in [1.29, 1.82) is 0 Å². The number of nitrogens with one attached hydrogen (secondary N) is 1. The molecule has 1 aliphatic carbocycles. The van der Waals surface area contributed by atoms with Gasteiger partial charge in [0.15, 0.2) is 0 Å². The van der Waals surface area contributed by atoms with E-state index in [4.69, 9.17) is 4.74 Å². The average Bonchev–Trinajstić information content (AvgIpc) is 3.01.